The third kappa shape index (κ3) is 3.78. The second-order valence-corrected chi connectivity index (χ2v) is 7.06. The highest BCUT2D eigenvalue weighted by molar-refractivity contribution is 7.89. The fourth-order valence-electron chi connectivity index (χ4n) is 2.28. The predicted octanol–water partition coefficient (Wildman–Crippen LogP) is 1.58. The molecule has 1 saturated heterocycles. The Morgan fingerprint density at radius 3 is 2.53 bits per heavy atom. The van der Waals surface area contributed by atoms with Crippen molar-refractivity contribution in [3.8, 4) is 0 Å². The van der Waals surface area contributed by atoms with Gasteiger partial charge in [-0.15, -0.1) is 0 Å². The largest absolute Gasteiger partial charge is 0.317 e. The average Bonchev–Trinajstić information content (AvgIpc) is 2.41. The summed E-state index contributed by atoms with van der Waals surface area (Å²) >= 11 is 0. The Morgan fingerprint density at radius 2 is 1.89 bits per heavy atom. The molecule has 0 saturated carbocycles. The first-order chi connectivity index (χ1) is 8.99. The number of sulfonamides is 1. The van der Waals surface area contributed by atoms with Crippen LogP contribution in [0.2, 0.25) is 0 Å². The van der Waals surface area contributed by atoms with Crippen LogP contribution in [0.25, 0.3) is 0 Å². The highest BCUT2D eigenvalue weighted by atomic mass is 32.2. The molecule has 2 rings (SSSR count). The van der Waals surface area contributed by atoms with Crippen LogP contribution in [0, 0.1) is 19.8 Å². The zero-order valence-electron chi connectivity index (χ0n) is 11.6. The molecular weight excluding hydrogens is 260 g/mol. The Morgan fingerprint density at radius 1 is 1.21 bits per heavy atom. The summed E-state index contributed by atoms with van der Waals surface area (Å²) < 4.78 is 27.2. The second kappa shape index (κ2) is 6.03. The topological polar surface area (TPSA) is 58.2 Å². The molecule has 1 aromatic rings. The van der Waals surface area contributed by atoms with Gasteiger partial charge in [0, 0.05) is 6.54 Å². The minimum atomic E-state index is -3.37. The number of benzene rings is 1. The first kappa shape index (κ1) is 14.5. The molecular formula is C14H22N2O2S. The van der Waals surface area contributed by atoms with E-state index in [-0.39, 0.29) is 0 Å². The number of nitrogens with one attached hydrogen (secondary N) is 2. The molecule has 1 fully saturated rings. The molecule has 19 heavy (non-hydrogen) atoms. The van der Waals surface area contributed by atoms with Gasteiger partial charge in [-0.2, -0.15) is 0 Å². The van der Waals surface area contributed by atoms with Crippen LogP contribution in [0.3, 0.4) is 0 Å². The SMILES string of the molecule is Cc1ccc(S(=O)(=O)NCC2CCNCC2)cc1C. The summed E-state index contributed by atoms with van der Waals surface area (Å²) in [6, 6.07) is 5.27. The maximum atomic E-state index is 12.2. The van der Waals surface area contributed by atoms with E-state index in [2.05, 4.69) is 10.0 Å². The van der Waals surface area contributed by atoms with Gasteiger partial charge in [0.05, 0.1) is 4.90 Å². The molecule has 1 aliphatic rings. The molecule has 4 nitrogen and oxygen atoms in total. The summed E-state index contributed by atoms with van der Waals surface area (Å²) in [7, 11) is -3.37. The maximum absolute atomic E-state index is 12.2. The highest BCUT2D eigenvalue weighted by Gasteiger charge is 2.18. The van der Waals surface area contributed by atoms with Gasteiger partial charge >= 0.3 is 0 Å². The summed E-state index contributed by atoms with van der Waals surface area (Å²) in [6.07, 6.45) is 2.07. The molecule has 1 aromatic carbocycles. The summed E-state index contributed by atoms with van der Waals surface area (Å²) in [5.74, 6) is 0.447. The predicted molar refractivity (Wildman–Crippen MR) is 76.7 cm³/mol. The van der Waals surface area contributed by atoms with Gasteiger partial charge < -0.3 is 5.32 Å². The first-order valence-corrected chi connectivity index (χ1v) is 8.25. The fourth-order valence-corrected chi connectivity index (χ4v) is 3.48. The third-order valence-corrected chi connectivity index (χ3v) is 5.23. The maximum Gasteiger partial charge on any atom is 0.240 e. The molecule has 5 heteroatoms. The van der Waals surface area contributed by atoms with Crippen LogP contribution in [0.5, 0.6) is 0 Å². The van der Waals surface area contributed by atoms with Crippen molar-refractivity contribution in [1.82, 2.24) is 10.0 Å². The van der Waals surface area contributed by atoms with Crippen molar-refractivity contribution < 1.29 is 8.42 Å². The Labute approximate surface area is 115 Å². The molecule has 0 radical (unpaired) electrons. The molecule has 1 aliphatic heterocycles. The lowest BCUT2D eigenvalue weighted by molar-refractivity contribution is 0.372. The van der Waals surface area contributed by atoms with Crippen molar-refractivity contribution in [3.63, 3.8) is 0 Å². The van der Waals surface area contributed by atoms with Gasteiger partial charge in [0.2, 0.25) is 10.0 Å². The van der Waals surface area contributed by atoms with Crippen molar-refractivity contribution in [3.05, 3.63) is 29.3 Å². The van der Waals surface area contributed by atoms with Crippen LogP contribution in [-0.2, 0) is 10.0 Å². The number of hydrogen-bond donors (Lipinski definition) is 2. The van der Waals surface area contributed by atoms with Crippen LogP contribution in [0.15, 0.2) is 23.1 Å². The molecule has 2 N–H and O–H groups in total. The average molecular weight is 282 g/mol. The quantitative estimate of drug-likeness (QED) is 0.881. The first-order valence-electron chi connectivity index (χ1n) is 6.77. The van der Waals surface area contributed by atoms with Crippen molar-refractivity contribution in [1.29, 1.82) is 0 Å². The van der Waals surface area contributed by atoms with Gasteiger partial charge in [0.25, 0.3) is 0 Å². The van der Waals surface area contributed by atoms with E-state index in [1.54, 1.807) is 12.1 Å². The van der Waals surface area contributed by atoms with Crippen molar-refractivity contribution in [2.24, 2.45) is 5.92 Å². The van der Waals surface area contributed by atoms with Crippen molar-refractivity contribution in [2.45, 2.75) is 31.6 Å². The molecule has 0 spiro atoms. The van der Waals surface area contributed by atoms with E-state index in [0.717, 1.165) is 37.1 Å². The minimum Gasteiger partial charge on any atom is -0.317 e. The summed E-state index contributed by atoms with van der Waals surface area (Å²) in [4.78, 5) is 0.365. The highest BCUT2D eigenvalue weighted by Crippen LogP contribution is 2.16. The number of aryl methyl sites for hydroxylation is 2. The zero-order chi connectivity index (χ0) is 13.9. The Bertz CT molecular complexity index is 534. The number of piperidine rings is 1. The van der Waals surface area contributed by atoms with Crippen LogP contribution < -0.4 is 10.0 Å². The fraction of sp³-hybridized carbons (Fsp3) is 0.571. The summed E-state index contributed by atoms with van der Waals surface area (Å²) in [5.41, 5.74) is 2.11. The minimum absolute atomic E-state index is 0.365. The molecule has 0 atom stereocenters. The number of rotatable bonds is 4. The molecule has 0 amide bonds. The molecule has 106 valence electrons. The van der Waals surface area contributed by atoms with Crippen LogP contribution in [0.1, 0.15) is 24.0 Å². The van der Waals surface area contributed by atoms with Crippen LogP contribution >= 0.6 is 0 Å². The van der Waals surface area contributed by atoms with E-state index < -0.39 is 10.0 Å². The summed E-state index contributed by atoms with van der Waals surface area (Å²) in [5, 5.41) is 3.28. The molecule has 0 unspecified atom stereocenters. The smallest absolute Gasteiger partial charge is 0.240 e. The van der Waals surface area contributed by atoms with Gasteiger partial charge in [-0.25, -0.2) is 13.1 Å². The van der Waals surface area contributed by atoms with Gasteiger partial charge in [-0.05, 0) is 69.0 Å². The normalized spacial score (nSPS) is 17.6. The van der Waals surface area contributed by atoms with E-state index in [0.29, 0.717) is 17.4 Å². The van der Waals surface area contributed by atoms with E-state index >= 15 is 0 Å². The van der Waals surface area contributed by atoms with Crippen LogP contribution in [-0.4, -0.2) is 28.1 Å². The Balaban J connectivity index is 2.02. The van der Waals surface area contributed by atoms with Gasteiger partial charge in [-0.3, -0.25) is 0 Å². The van der Waals surface area contributed by atoms with Gasteiger partial charge in [0.15, 0.2) is 0 Å². The zero-order valence-corrected chi connectivity index (χ0v) is 12.4. The van der Waals surface area contributed by atoms with Crippen LogP contribution in [0.4, 0.5) is 0 Å². The monoisotopic (exact) mass is 282 g/mol. The van der Waals surface area contributed by atoms with Crippen molar-refractivity contribution in [2.75, 3.05) is 19.6 Å². The summed E-state index contributed by atoms with van der Waals surface area (Å²) in [6.45, 7) is 6.42. The van der Waals surface area contributed by atoms with Gasteiger partial charge in [0.1, 0.15) is 0 Å². The molecule has 0 bridgehead atoms. The standard InChI is InChI=1S/C14H22N2O2S/c1-11-3-4-14(9-12(11)2)19(17,18)16-10-13-5-7-15-8-6-13/h3-4,9,13,15-16H,5-8,10H2,1-2H3. The lowest BCUT2D eigenvalue weighted by Crippen LogP contribution is -2.36. The van der Waals surface area contributed by atoms with E-state index in [1.165, 1.54) is 0 Å². The second-order valence-electron chi connectivity index (χ2n) is 5.29. The number of hydrogen-bond acceptors (Lipinski definition) is 3. The third-order valence-electron chi connectivity index (χ3n) is 3.81. The van der Waals surface area contributed by atoms with E-state index in [1.807, 2.05) is 19.9 Å². The lowest BCUT2D eigenvalue weighted by atomic mass is 9.99. The Hall–Kier alpha value is -0.910. The molecule has 1 heterocycles. The van der Waals surface area contributed by atoms with E-state index in [4.69, 9.17) is 0 Å². The molecule has 0 aromatic heterocycles. The molecule has 0 aliphatic carbocycles. The lowest BCUT2D eigenvalue weighted by Gasteiger charge is -2.22. The Kier molecular flexibility index (Phi) is 4.60. The van der Waals surface area contributed by atoms with E-state index in [9.17, 15) is 8.42 Å². The van der Waals surface area contributed by atoms with Crippen molar-refractivity contribution >= 4 is 10.0 Å². The van der Waals surface area contributed by atoms with Gasteiger partial charge in [-0.1, -0.05) is 6.07 Å².